The summed E-state index contributed by atoms with van der Waals surface area (Å²) in [5, 5.41) is 31.9. The summed E-state index contributed by atoms with van der Waals surface area (Å²) < 4.78 is 0. The topological polar surface area (TPSA) is 60.7 Å². The van der Waals surface area contributed by atoms with Gasteiger partial charge in [-0.1, -0.05) is 31.2 Å². The number of benzene rings is 2. The summed E-state index contributed by atoms with van der Waals surface area (Å²) in [5.41, 5.74) is 7.64. The Kier molecular flexibility index (Phi) is 4.75. The molecule has 0 unspecified atom stereocenters. The van der Waals surface area contributed by atoms with Gasteiger partial charge in [-0.05, 0) is 115 Å². The van der Waals surface area contributed by atoms with Crippen LogP contribution in [0, 0.1) is 38.0 Å². The lowest BCUT2D eigenvalue weighted by Gasteiger charge is -2.48. The molecule has 3 heteroatoms. The fourth-order valence-corrected chi connectivity index (χ4v) is 7.00. The number of rotatable bonds is 2. The molecule has 31 heavy (non-hydrogen) atoms. The highest BCUT2D eigenvalue weighted by Crippen LogP contribution is 2.61. The van der Waals surface area contributed by atoms with Gasteiger partial charge in [0.2, 0.25) is 0 Å². The molecule has 2 aromatic rings. The van der Waals surface area contributed by atoms with Gasteiger partial charge in [0, 0.05) is 5.56 Å². The van der Waals surface area contributed by atoms with Gasteiger partial charge in [0.15, 0.2) is 0 Å². The van der Waals surface area contributed by atoms with Crippen LogP contribution in [0.25, 0.3) is 6.08 Å². The summed E-state index contributed by atoms with van der Waals surface area (Å²) in [4.78, 5) is 0. The van der Waals surface area contributed by atoms with E-state index in [-0.39, 0.29) is 11.5 Å². The molecule has 0 radical (unpaired) electrons. The smallest absolute Gasteiger partial charge is 0.121 e. The Labute approximate surface area is 185 Å². The zero-order valence-corrected chi connectivity index (χ0v) is 19.1. The van der Waals surface area contributed by atoms with Crippen LogP contribution in [0.15, 0.2) is 24.3 Å². The van der Waals surface area contributed by atoms with Gasteiger partial charge >= 0.3 is 0 Å². The van der Waals surface area contributed by atoms with Gasteiger partial charge in [-0.15, -0.1) is 0 Å². The fraction of sp³-hybridized carbons (Fsp3) is 0.500. The van der Waals surface area contributed by atoms with Gasteiger partial charge in [-0.2, -0.15) is 0 Å². The number of hydrogen-bond donors (Lipinski definition) is 3. The number of fused-ring (bicyclic) bond motifs is 5. The number of aliphatic hydroxyl groups excluding tert-OH is 1. The SMILES string of the molecule is Cc1cc(Cc2cc(O)c3c(c2C)C=C[C@@H]2[C@@H]3CC[C@]3(C)[C@H](O)CC[C@@H]23)cc(C)c1O. The maximum Gasteiger partial charge on any atom is 0.121 e. The van der Waals surface area contributed by atoms with Crippen LogP contribution in [0.5, 0.6) is 11.5 Å². The predicted octanol–water partition coefficient (Wildman–Crippen LogP) is 5.91. The first-order valence-corrected chi connectivity index (χ1v) is 11.7. The molecular formula is C28H34O3. The van der Waals surface area contributed by atoms with Gasteiger partial charge < -0.3 is 15.3 Å². The monoisotopic (exact) mass is 418 g/mol. The van der Waals surface area contributed by atoms with Crippen LogP contribution in [0.1, 0.15) is 77.5 Å². The van der Waals surface area contributed by atoms with Crippen LogP contribution in [0.3, 0.4) is 0 Å². The third-order valence-electron chi connectivity index (χ3n) is 8.85. The number of hydrogen-bond acceptors (Lipinski definition) is 3. The first-order valence-electron chi connectivity index (χ1n) is 11.7. The van der Waals surface area contributed by atoms with E-state index in [1.807, 2.05) is 32.0 Å². The van der Waals surface area contributed by atoms with Gasteiger partial charge in [0.1, 0.15) is 11.5 Å². The molecule has 2 fully saturated rings. The molecule has 0 aromatic heterocycles. The summed E-state index contributed by atoms with van der Waals surface area (Å²) in [5.74, 6) is 2.03. The Morgan fingerprint density at radius 1 is 1.00 bits per heavy atom. The minimum atomic E-state index is -0.192. The molecule has 0 bridgehead atoms. The number of aryl methyl sites for hydroxylation is 2. The van der Waals surface area contributed by atoms with Crippen molar-refractivity contribution >= 4 is 6.08 Å². The van der Waals surface area contributed by atoms with Crippen molar-refractivity contribution in [1.82, 2.24) is 0 Å². The zero-order valence-electron chi connectivity index (χ0n) is 19.1. The van der Waals surface area contributed by atoms with E-state index < -0.39 is 0 Å². The molecule has 5 rings (SSSR count). The van der Waals surface area contributed by atoms with Crippen molar-refractivity contribution in [1.29, 1.82) is 0 Å². The number of phenolic OH excluding ortho intramolecular Hbond substituents is 2. The molecule has 2 saturated carbocycles. The minimum absolute atomic E-state index is 0.0161. The Hall–Kier alpha value is -2.26. The van der Waals surface area contributed by atoms with Crippen molar-refractivity contribution < 1.29 is 15.3 Å². The number of phenols is 2. The average molecular weight is 419 g/mol. The third kappa shape index (κ3) is 3.04. The Morgan fingerprint density at radius 2 is 1.71 bits per heavy atom. The van der Waals surface area contributed by atoms with Crippen LogP contribution < -0.4 is 0 Å². The lowest BCUT2D eigenvalue weighted by Crippen LogP contribution is -2.42. The van der Waals surface area contributed by atoms with Crippen LogP contribution in [-0.4, -0.2) is 21.4 Å². The van der Waals surface area contributed by atoms with Crippen LogP contribution in [0.4, 0.5) is 0 Å². The minimum Gasteiger partial charge on any atom is -0.508 e. The molecule has 3 aliphatic carbocycles. The summed E-state index contributed by atoms with van der Waals surface area (Å²) >= 11 is 0. The highest BCUT2D eigenvalue weighted by atomic mass is 16.3. The van der Waals surface area contributed by atoms with Crippen LogP contribution in [-0.2, 0) is 6.42 Å². The van der Waals surface area contributed by atoms with E-state index in [2.05, 4.69) is 26.0 Å². The molecular weight excluding hydrogens is 384 g/mol. The summed E-state index contributed by atoms with van der Waals surface area (Å²) in [6.07, 6.45) is 9.19. The average Bonchev–Trinajstić information content (AvgIpc) is 3.04. The van der Waals surface area contributed by atoms with Gasteiger partial charge in [0.05, 0.1) is 6.10 Å². The van der Waals surface area contributed by atoms with Crippen molar-refractivity contribution in [2.24, 2.45) is 17.3 Å². The van der Waals surface area contributed by atoms with Gasteiger partial charge in [-0.3, -0.25) is 0 Å². The summed E-state index contributed by atoms with van der Waals surface area (Å²) in [6, 6.07) is 6.05. The Morgan fingerprint density at radius 3 is 2.42 bits per heavy atom. The molecule has 2 aromatic carbocycles. The van der Waals surface area contributed by atoms with E-state index in [9.17, 15) is 15.3 Å². The highest BCUT2D eigenvalue weighted by molar-refractivity contribution is 5.68. The first-order chi connectivity index (χ1) is 14.7. The molecule has 0 amide bonds. The molecule has 0 saturated heterocycles. The molecule has 3 aliphatic rings. The maximum absolute atomic E-state index is 11.2. The standard InChI is InChI=1S/C28H34O3/c1-15-11-18(12-16(2)27(15)31)13-19-14-24(29)26-20(17(19)3)5-6-21-22(26)9-10-28(4)23(21)7-8-25(28)30/h5-6,11-12,14,21-23,25,29-31H,7-10,13H2,1-4H3/t21-,22+,23+,25-,28+/m1/s1. The van der Waals surface area contributed by atoms with Crippen molar-refractivity contribution in [2.75, 3.05) is 0 Å². The maximum atomic E-state index is 11.2. The lowest BCUT2D eigenvalue weighted by atomic mass is 9.56. The van der Waals surface area contributed by atoms with E-state index in [0.717, 1.165) is 59.9 Å². The second-order valence-electron chi connectivity index (χ2n) is 10.5. The Bertz CT molecular complexity index is 1060. The molecule has 0 spiro atoms. The van der Waals surface area contributed by atoms with E-state index in [1.54, 1.807) is 0 Å². The quantitative estimate of drug-likeness (QED) is 0.568. The van der Waals surface area contributed by atoms with E-state index in [0.29, 0.717) is 29.3 Å². The van der Waals surface area contributed by atoms with E-state index in [4.69, 9.17) is 0 Å². The molecule has 0 heterocycles. The first kappa shape index (κ1) is 20.6. The normalized spacial score (nSPS) is 31.3. The van der Waals surface area contributed by atoms with Crippen LogP contribution >= 0.6 is 0 Å². The Balaban J connectivity index is 1.52. The zero-order chi connectivity index (χ0) is 22.1. The number of aliphatic hydroxyl groups is 1. The third-order valence-corrected chi connectivity index (χ3v) is 8.85. The fourth-order valence-electron chi connectivity index (χ4n) is 7.00. The lowest BCUT2D eigenvalue weighted by molar-refractivity contribution is -0.00820. The van der Waals surface area contributed by atoms with Gasteiger partial charge in [-0.25, -0.2) is 0 Å². The molecule has 3 nitrogen and oxygen atoms in total. The van der Waals surface area contributed by atoms with E-state index >= 15 is 0 Å². The van der Waals surface area contributed by atoms with Crippen molar-refractivity contribution in [3.05, 3.63) is 63.2 Å². The second kappa shape index (κ2) is 7.13. The molecule has 3 N–H and O–H groups in total. The largest absolute Gasteiger partial charge is 0.508 e. The van der Waals surface area contributed by atoms with Gasteiger partial charge in [0.25, 0.3) is 0 Å². The molecule has 5 atom stereocenters. The van der Waals surface area contributed by atoms with Crippen molar-refractivity contribution in [2.45, 2.75) is 71.8 Å². The van der Waals surface area contributed by atoms with E-state index in [1.165, 1.54) is 11.1 Å². The van der Waals surface area contributed by atoms with Crippen molar-refractivity contribution in [3.8, 4) is 11.5 Å². The highest BCUT2D eigenvalue weighted by Gasteiger charge is 2.54. The summed E-state index contributed by atoms with van der Waals surface area (Å²) in [7, 11) is 0. The molecule has 0 aliphatic heterocycles. The van der Waals surface area contributed by atoms with Crippen LogP contribution in [0.2, 0.25) is 0 Å². The van der Waals surface area contributed by atoms with Crippen molar-refractivity contribution in [3.63, 3.8) is 0 Å². The number of allylic oxidation sites excluding steroid dienone is 1. The molecule has 164 valence electrons. The predicted molar refractivity (Wildman–Crippen MR) is 125 cm³/mol. The summed E-state index contributed by atoms with van der Waals surface area (Å²) in [6.45, 7) is 8.31. The number of aromatic hydroxyl groups is 2. The second-order valence-corrected chi connectivity index (χ2v) is 10.5.